The first-order valence-corrected chi connectivity index (χ1v) is 8.20. The van der Waals surface area contributed by atoms with E-state index in [4.69, 9.17) is 0 Å². The van der Waals surface area contributed by atoms with Gasteiger partial charge in [0.2, 0.25) is 5.91 Å². The monoisotopic (exact) mass is 335 g/mol. The lowest BCUT2D eigenvalue weighted by molar-refractivity contribution is -0.385. The van der Waals surface area contributed by atoms with Crippen molar-refractivity contribution in [3.8, 4) is 0 Å². The van der Waals surface area contributed by atoms with Crippen LogP contribution < -0.4 is 10.2 Å². The normalized spacial score (nSPS) is 17.0. The number of amides is 1. The van der Waals surface area contributed by atoms with Gasteiger partial charge in [0, 0.05) is 38.3 Å². The van der Waals surface area contributed by atoms with Gasteiger partial charge in [-0.3, -0.25) is 19.8 Å². The van der Waals surface area contributed by atoms with Crippen LogP contribution in [0.25, 0.3) is 0 Å². The van der Waals surface area contributed by atoms with Gasteiger partial charge in [0.1, 0.15) is 12.0 Å². The van der Waals surface area contributed by atoms with Crippen molar-refractivity contribution in [1.29, 1.82) is 0 Å². The Hall–Kier alpha value is -2.22. The summed E-state index contributed by atoms with van der Waals surface area (Å²) < 4.78 is 0. The molecule has 0 spiro atoms. The van der Waals surface area contributed by atoms with Crippen LogP contribution in [0.5, 0.6) is 0 Å². The van der Waals surface area contributed by atoms with E-state index in [1.165, 1.54) is 6.20 Å². The molecular weight excluding hydrogens is 310 g/mol. The van der Waals surface area contributed by atoms with Crippen molar-refractivity contribution >= 4 is 17.4 Å². The van der Waals surface area contributed by atoms with Crippen molar-refractivity contribution in [3.05, 3.63) is 27.9 Å². The van der Waals surface area contributed by atoms with Crippen molar-refractivity contribution in [2.75, 3.05) is 31.1 Å². The minimum absolute atomic E-state index is 0.00821. The van der Waals surface area contributed by atoms with Crippen molar-refractivity contribution in [2.24, 2.45) is 0 Å². The summed E-state index contributed by atoms with van der Waals surface area (Å²) in [5.74, 6) is 0.822. The number of carbonyl (C=O) groups excluding carboxylic acids is 1. The predicted molar refractivity (Wildman–Crippen MR) is 92.2 cm³/mol. The van der Waals surface area contributed by atoms with E-state index in [2.05, 4.69) is 20.1 Å². The van der Waals surface area contributed by atoms with Gasteiger partial charge in [-0.15, -0.1) is 0 Å². The molecule has 24 heavy (non-hydrogen) atoms. The third kappa shape index (κ3) is 4.19. The van der Waals surface area contributed by atoms with E-state index in [1.54, 1.807) is 6.07 Å². The second-order valence-corrected chi connectivity index (χ2v) is 6.45. The number of rotatable bonds is 5. The molecule has 8 nitrogen and oxygen atoms in total. The molecule has 1 aliphatic rings. The van der Waals surface area contributed by atoms with E-state index in [9.17, 15) is 14.9 Å². The summed E-state index contributed by atoms with van der Waals surface area (Å²) in [6, 6.07) is 1.52. The molecule has 0 aromatic carbocycles. The number of carbonyl (C=O) groups is 1. The zero-order valence-corrected chi connectivity index (χ0v) is 14.7. The smallest absolute Gasteiger partial charge is 0.287 e. The fraction of sp³-hybridized carbons (Fsp3) is 0.625. The second-order valence-electron chi connectivity index (χ2n) is 6.45. The van der Waals surface area contributed by atoms with Crippen LogP contribution in [0.4, 0.5) is 11.5 Å². The molecule has 1 fully saturated rings. The highest BCUT2D eigenvalue weighted by atomic mass is 16.6. The zero-order valence-electron chi connectivity index (χ0n) is 14.7. The van der Waals surface area contributed by atoms with Gasteiger partial charge >= 0.3 is 0 Å². The number of nitro groups is 1. The third-order valence-electron chi connectivity index (χ3n) is 4.22. The van der Waals surface area contributed by atoms with E-state index in [-0.39, 0.29) is 23.7 Å². The lowest BCUT2D eigenvalue weighted by Crippen LogP contribution is -2.54. The highest BCUT2D eigenvalue weighted by Crippen LogP contribution is 2.23. The van der Waals surface area contributed by atoms with E-state index in [0.717, 1.165) is 37.6 Å². The van der Waals surface area contributed by atoms with Gasteiger partial charge in [0.15, 0.2) is 0 Å². The Balaban J connectivity index is 1.97. The van der Waals surface area contributed by atoms with Crippen LogP contribution in [0.3, 0.4) is 0 Å². The van der Waals surface area contributed by atoms with Gasteiger partial charge in [-0.25, -0.2) is 4.98 Å². The van der Waals surface area contributed by atoms with Gasteiger partial charge in [0.25, 0.3) is 5.69 Å². The number of aromatic nitrogens is 1. The van der Waals surface area contributed by atoms with Crippen LogP contribution in [0.15, 0.2) is 12.3 Å². The minimum Gasteiger partial charge on any atom is -0.354 e. The van der Waals surface area contributed by atoms with Gasteiger partial charge in [-0.05, 0) is 33.3 Å². The molecule has 8 heteroatoms. The molecule has 2 heterocycles. The summed E-state index contributed by atoms with van der Waals surface area (Å²) in [5.41, 5.74) is 0.803. The highest BCUT2D eigenvalue weighted by molar-refractivity contribution is 5.81. The predicted octanol–water partition coefficient (Wildman–Crippen LogP) is 1.33. The molecule has 1 N–H and O–H groups in total. The fourth-order valence-electron chi connectivity index (χ4n) is 2.88. The zero-order chi connectivity index (χ0) is 17.9. The first-order valence-electron chi connectivity index (χ1n) is 8.20. The number of nitrogens with one attached hydrogen (secondary N) is 1. The van der Waals surface area contributed by atoms with E-state index in [0.29, 0.717) is 0 Å². The largest absolute Gasteiger partial charge is 0.354 e. The fourth-order valence-corrected chi connectivity index (χ4v) is 2.88. The van der Waals surface area contributed by atoms with Crippen molar-refractivity contribution in [1.82, 2.24) is 15.2 Å². The highest BCUT2D eigenvalue weighted by Gasteiger charge is 2.27. The van der Waals surface area contributed by atoms with Crippen molar-refractivity contribution < 1.29 is 9.72 Å². The number of pyridine rings is 1. The average molecular weight is 335 g/mol. The molecule has 0 saturated carbocycles. The Kier molecular flexibility index (Phi) is 5.71. The maximum atomic E-state index is 12.1. The van der Waals surface area contributed by atoms with Gasteiger partial charge in [0.05, 0.1) is 11.0 Å². The standard InChI is InChI=1S/C16H25N5O3/c1-11(2)18-16(22)13(4)19-5-7-20(8-6-19)15-12(3)9-14(10-17-15)21(23)24/h9-11,13H,5-8H2,1-4H3,(H,18,22). The first-order chi connectivity index (χ1) is 11.3. The molecule has 0 aliphatic carbocycles. The van der Waals surface area contributed by atoms with E-state index in [1.807, 2.05) is 27.7 Å². The maximum Gasteiger partial charge on any atom is 0.287 e. The van der Waals surface area contributed by atoms with Crippen LogP contribution in [0.2, 0.25) is 0 Å². The summed E-state index contributed by atoms with van der Waals surface area (Å²) in [5, 5.41) is 13.7. The first kappa shape index (κ1) is 18.1. The molecule has 2 rings (SSSR count). The lowest BCUT2D eigenvalue weighted by Gasteiger charge is -2.38. The third-order valence-corrected chi connectivity index (χ3v) is 4.22. The van der Waals surface area contributed by atoms with Crippen molar-refractivity contribution in [3.63, 3.8) is 0 Å². The van der Waals surface area contributed by atoms with Gasteiger partial charge in [-0.1, -0.05) is 0 Å². The molecular formula is C16H25N5O3. The molecule has 0 radical (unpaired) electrons. The molecule has 1 amide bonds. The minimum atomic E-state index is -0.434. The van der Waals surface area contributed by atoms with E-state index >= 15 is 0 Å². The molecule has 1 saturated heterocycles. The summed E-state index contributed by atoms with van der Waals surface area (Å²) in [6.07, 6.45) is 1.30. The number of aryl methyl sites for hydroxylation is 1. The Bertz CT molecular complexity index is 612. The summed E-state index contributed by atoms with van der Waals surface area (Å²) >= 11 is 0. The Morgan fingerprint density at radius 2 is 1.92 bits per heavy atom. The average Bonchev–Trinajstić information content (AvgIpc) is 2.53. The topological polar surface area (TPSA) is 91.6 Å². The Labute approximate surface area is 142 Å². The molecule has 1 aromatic heterocycles. The molecule has 1 aliphatic heterocycles. The summed E-state index contributed by atoms with van der Waals surface area (Å²) in [4.78, 5) is 31.0. The SMILES string of the molecule is Cc1cc([N+](=O)[O-])cnc1N1CCN(C(C)C(=O)NC(C)C)CC1. The Morgan fingerprint density at radius 3 is 2.42 bits per heavy atom. The molecule has 0 bridgehead atoms. The number of anilines is 1. The number of nitrogens with zero attached hydrogens (tertiary/aromatic N) is 4. The maximum absolute atomic E-state index is 12.1. The van der Waals surface area contributed by atoms with Crippen LogP contribution in [-0.2, 0) is 4.79 Å². The van der Waals surface area contributed by atoms with Crippen LogP contribution in [0.1, 0.15) is 26.3 Å². The van der Waals surface area contributed by atoms with E-state index < -0.39 is 4.92 Å². The number of hydrogen-bond donors (Lipinski definition) is 1. The molecule has 1 aromatic rings. The molecule has 132 valence electrons. The Morgan fingerprint density at radius 1 is 1.29 bits per heavy atom. The second kappa shape index (κ2) is 7.57. The van der Waals surface area contributed by atoms with Gasteiger partial charge in [-0.2, -0.15) is 0 Å². The van der Waals surface area contributed by atoms with Crippen LogP contribution in [-0.4, -0.2) is 59.0 Å². The van der Waals surface area contributed by atoms with Crippen molar-refractivity contribution in [2.45, 2.75) is 39.8 Å². The van der Waals surface area contributed by atoms with Crippen LogP contribution >= 0.6 is 0 Å². The summed E-state index contributed by atoms with van der Waals surface area (Å²) in [6.45, 7) is 10.6. The lowest BCUT2D eigenvalue weighted by atomic mass is 10.2. The van der Waals surface area contributed by atoms with Gasteiger partial charge < -0.3 is 10.2 Å². The summed E-state index contributed by atoms with van der Waals surface area (Å²) in [7, 11) is 0. The number of hydrogen-bond acceptors (Lipinski definition) is 6. The quantitative estimate of drug-likeness (QED) is 0.645. The molecule has 1 atom stereocenters. The molecule has 1 unspecified atom stereocenters. The number of piperazine rings is 1. The van der Waals surface area contributed by atoms with Crippen LogP contribution in [0, 0.1) is 17.0 Å².